The van der Waals surface area contributed by atoms with Crippen molar-refractivity contribution in [2.24, 2.45) is 5.92 Å². The predicted molar refractivity (Wildman–Crippen MR) is 71.6 cm³/mol. The summed E-state index contributed by atoms with van der Waals surface area (Å²) in [4.78, 5) is 17.2. The van der Waals surface area contributed by atoms with Gasteiger partial charge in [-0.25, -0.2) is 4.98 Å². The van der Waals surface area contributed by atoms with E-state index in [0.717, 1.165) is 37.2 Å². The Hall–Kier alpha value is -0.940. The molecule has 0 saturated carbocycles. The molecule has 1 aromatic rings. The Morgan fingerprint density at radius 2 is 2.56 bits per heavy atom. The number of carbonyl (C=O) groups is 1. The van der Waals surface area contributed by atoms with Crippen LogP contribution in [0.4, 0.5) is 0 Å². The molecule has 1 saturated heterocycles. The van der Waals surface area contributed by atoms with Crippen LogP contribution in [0.25, 0.3) is 0 Å². The molecule has 1 fully saturated rings. The molecule has 18 heavy (non-hydrogen) atoms. The predicted octanol–water partition coefficient (Wildman–Crippen LogP) is 1.96. The number of carbonyl (C=O) groups excluding carboxylic acids is 1. The highest BCUT2D eigenvalue weighted by atomic mass is 32.1. The highest BCUT2D eigenvalue weighted by Gasteiger charge is 2.34. The number of rotatable bonds is 6. The maximum Gasteiger partial charge on any atom is 0.210 e. The molecule has 1 aromatic heterocycles. The zero-order valence-electron chi connectivity index (χ0n) is 10.9. The zero-order chi connectivity index (χ0) is 13.0. The number of methoxy groups -OCH3 is 1. The summed E-state index contributed by atoms with van der Waals surface area (Å²) in [7, 11) is 1.74. The van der Waals surface area contributed by atoms with Crippen molar-refractivity contribution in [3.63, 3.8) is 0 Å². The summed E-state index contributed by atoms with van der Waals surface area (Å²) in [5, 5.41) is 3.14. The number of hydrogen-bond acceptors (Lipinski definition) is 4. The van der Waals surface area contributed by atoms with E-state index in [1.807, 2.05) is 16.5 Å². The molecule has 0 radical (unpaired) electrons. The summed E-state index contributed by atoms with van der Waals surface area (Å²) >= 11 is 1.68. The lowest BCUT2D eigenvalue weighted by Crippen LogP contribution is -2.43. The van der Waals surface area contributed by atoms with E-state index in [4.69, 9.17) is 4.74 Å². The van der Waals surface area contributed by atoms with Gasteiger partial charge in [0, 0.05) is 31.7 Å². The third kappa shape index (κ3) is 2.90. The normalized spacial score (nSPS) is 23.0. The molecule has 0 spiro atoms. The second kappa shape index (κ2) is 6.29. The lowest BCUT2D eigenvalue weighted by Gasteiger charge is -2.32. The first kappa shape index (κ1) is 13.5. The Balaban J connectivity index is 2.01. The smallest absolute Gasteiger partial charge is 0.210 e. The molecule has 3 atom stereocenters. The average Bonchev–Trinajstić information content (AvgIpc) is 3.01. The Kier molecular flexibility index (Phi) is 4.72. The summed E-state index contributed by atoms with van der Waals surface area (Å²) in [6.45, 7) is 3.04. The molecule has 0 bridgehead atoms. The largest absolute Gasteiger partial charge is 0.379 e. The van der Waals surface area contributed by atoms with Gasteiger partial charge in [0.25, 0.3) is 0 Å². The van der Waals surface area contributed by atoms with Gasteiger partial charge in [-0.1, -0.05) is 6.92 Å². The Bertz CT molecular complexity index is 369. The second-order valence-corrected chi connectivity index (χ2v) is 5.84. The third-order valence-corrected chi connectivity index (χ3v) is 4.47. The fraction of sp³-hybridized carbons (Fsp3) is 0.692. The van der Waals surface area contributed by atoms with E-state index in [1.165, 1.54) is 0 Å². The first-order valence-corrected chi connectivity index (χ1v) is 7.26. The van der Waals surface area contributed by atoms with Crippen LogP contribution in [0.2, 0.25) is 0 Å². The molecular weight excluding hydrogens is 248 g/mol. The number of likely N-dealkylation sites (tertiary alicyclic amines) is 1. The van der Waals surface area contributed by atoms with Crippen molar-refractivity contribution in [1.29, 1.82) is 0 Å². The minimum atomic E-state index is 0.0987. The molecule has 2 heterocycles. The highest BCUT2D eigenvalue weighted by molar-refractivity contribution is 7.09. The molecule has 3 unspecified atom stereocenters. The van der Waals surface area contributed by atoms with Crippen molar-refractivity contribution in [1.82, 2.24) is 9.88 Å². The van der Waals surface area contributed by atoms with E-state index in [9.17, 15) is 4.79 Å². The van der Waals surface area contributed by atoms with E-state index in [1.54, 1.807) is 18.4 Å². The SMILES string of the molecule is COC(C(C)Cc1nccs1)C1CCCN1C=O. The summed E-state index contributed by atoms with van der Waals surface area (Å²) < 4.78 is 5.65. The fourth-order valence-electron chi connectivity index (χ4n) is 2.81. The van der Waals surface area contributed by atoms with Gasteiger partial charge in [-0.3, -0.25) is 4.79 Å². The number of thiazole rings is 1. The van der Waals surface area contributed by atoms with Crippen LogP contribution in [0.15, 0.2) is 11.6 Å². The van der Waals surface area contributed by atoms with E-state index in [0.29, 0.717) is 5.92 Å². The van der Waals surface area contributed by atoms with Gasteiger partial charge in [0.1, 0.15) is 0 Å². The zero-order valence-corrected chi connectivity index (χ0v) is 11.7. The van der Waals surface area contributed by atoms with Gasteiger partial charge >= 0.3 is 0 Å². The number of aromatic nitrogens is 1. The number of nitrogens with zero attached hydrogens (tertiary/aromatic N) is 2. The van der Waals surface area contributed by atoms with Crippen LogP contribution in [0.5, 0.6) is 0 Å². The summed E-state index contributed by atoms with van der Waals surface area (Å²) in [6, 6.07) is 0.225. The van der Waals surface area contributed by atoms with Gasteiger partial charge in [-0.05, 0) is 18.8 Å². The van der Waals surface area contributed by atoms with Crippen molar-refractivity contribution >= 4 is 17.7 Å². The van der Waals surface area contributed by atoms with E-state index in [2.05, 4.69) is 11.9 Å². The van der Waals surface area contributed by atoms with Gasteiger partial charge in [-0.2, -0.15) is 0 Å². The first-order chi connectivity index (χ1) is 8.76. The molecule has 100 valence electrons. The van der Waals surface area contributed by atoms with Gasteiger partial charge in [0.05, 0.1) is 17.2 Å². The molecule has 0 aromatic carbocycles. The highest BCUT2D eigenvalue weighted by Crippen LogP contribution is 2.27. The molecule has 4 nitrogen and oxygen atoms in total. The minimum absolute atomic E-state index is 0.0987. The minimum Gasteiger partial charge on any atom is -0.379 e. The number of hydrogen-bond donors (Lipinski definition) is 0. The van der Waals surface area contributed by atoms with E-state index < -0.39 is 0 Å². The van der Waals surface area contributed by atoms with Crippen molar-refractivity contribution < 1.29 is 9.53 Å². The Labute approximate surface area is 112 Å². The molecule has 0 aliphatic carbocycles. The van der Waals surface area contributed by atoms with E-state index in [-0.39, 0.29) is 12.1 Å². The standard InChI is InChI=1S/C13H20N2O2S/c1-10(8-12-14-5-7-18-12)13(17-2)11-4-3-6-15(11)9-16/h5,7,9-11,13H,3-4,6,8H2,1-2H3. The number of ether oxygens (including phenoxy) is 1. The van der Waals surface area contributed by atoms with Gasteiger partial charge in [0.15, 0.2) is 0 Å². The summed E-state index contributed by atoms with van der Waals surface area (Å²) in [5.41, 5.74) is 0. The maximum atomic E-state index is 11.0. The molecular formula is C13H20N2O2S. The molecule has 1 aliphatic heterocycles. The molecule has 2 rings (SSSR count). The van der Waals surface area contributed by atoms with Crippen LogP contribution >= 0.6 is 11.3 Å². The quantitative estimate of drug-likeness (QED) is 0.741. The summed E-state index contributed by atoms with van der Waals surface area (Å²) in [6.07, 6.45) is 5.93. The average molecular weight is 268 g/mol. The fourth-order valence-corrected chi connectivity index (χ4v) is 3.57. The van der Waals surface area contributed by atoms with Crippen molar-refractivity contribution in [3.05, 3.63) is 16.6 Å². The first-order valence-electron chi connectivity index (χ1n) is 6.38. The Morgan fingerprint density at radius 3 is 3.17 bits per heavy atom. The molecule has 1 amide bonds. The van der Waals surface area contributed by atoms with Crippen LogP contribution in [-0.2, 0) is 16.0 Å². The molecule has 5 heteroatoms. The lowest BCUT2D eigenvalue weighted by molar-refractivity contribution is -0.122. The van der Waals surface area contributed by atoms with Gasteiger partial charge in [0.2, 0.25) is 6.41 Å². The van der Waals surface area contributed by atoms with E-state index >= 15 is 0 Å². The van der Waals surface area contributed by atoms with Crippen LogP contribution < -0.4 is 0 Å². The Morgan fingerprint density at radius 1 is 1.72 bits per heavy atom. The molecule has 1 aliphatic rings. The monoisotopic (exact) mass is 268 g/mol. The maximum absolute atomic E-state index is 11.0. The lowest BCUT2D eigenvalue weighted by atomic mass is 9.93. The van der Waals surface area contributed by atoms with Crippen LogP contribution in [-0.4, -0.2) is 42.1 Å². The number of amides is 1. The van der Waals surface area contributed by atoms with Crippen LogP contribution in [0.1, 0.15) is 24.8 Å². The summed E-state index contributed by atoms with van der Waals surface area (Å²) in [5.74, 6) is 0.367. The third-order valence-electron chi connectivity index (χ3n) is 3.67. The van der Waals surface area contributed by atoms with Crippen molar-refractivity contribution in [3.8, 4) is 0 Å². The molecule has 0 N–H and O–H groups in total. The van der Waals surface area contributed by atoms with Gasteiger partial charge in [-0.15, -0.1) is 11.3 Å². The van der Waals surface area contributed by atoms with Crippen molar-refractivity contribution in [2.75, 3.05) is 13.7 Å². The van der Waals surface area contributed by atoms with Crippen molar-refractivity contribution in [2.45, 2.75) is 38.3 Å². The second-order valence-electron chi connectivity index (χ2n) is 4.86. The van der Waals surface area contributed by atoms with Crippen LogP contribution in [0, 0.1) is 5.92 Å². The van der Waals surface area contributed by atoms with Gasteiger partial charge < -0.3 is 9.64 Å². The topological polar surface area (TPSA) is 42.4 Å². The van der Waals surface area contributed by atoms with Crippen LogP contribution in [0.3, 0.4) is 0 Å².